The molecule has 1 heterocycles. The molecule has 0 saturated heterocycles. The number of nitrogens with one attached hydrogen (secondary N) is 1. The molecule has 0 aliphatic rings. The first-order chi connectivity index (χ1) is 10.2. The fourth-order valence-electron chi connectivity index (χ4n) is 2.14. The fourth-order valence-corrected chi connectivity index (χ4v) is 2.32. The van der Waals surface area contributed by atoms with Crippen molar-refractivity contribution in [2.75, 3.05) is 0 Å². The highest BCUT2D eigenvalue weighted by molar-refractivity contribution is 6.30. The van der Waals surface area contributed by atoms with Gasteiger partial charge in [-0.2, -0.15) is 0 Å². The summed E-state index contributed by atoms with van der Waals surface area (Å²) in [7, 11) is 0. The number of furan rings is 1. The SMILES string of the molecule is Cc1cccc2cc(C(=Nc3cccc(Cl)c3)NO)oc12. The summed E-state index contributed by atoms with van der Waals surface area (Å²) in [4.78, 5) is 4.31. The molecule has 0 atom stereocenters. The van der Waals surface area contributed by atoms with Crippen molar-refractivity contribution in [1.82, 2.24) is 5.48 Å². The van der Waals surface area contributed by atoms with Gasteiger partial charge in [0.1, 0.15) is 5.58 Å². The maximum absolute atomic E-state index is 9.33. The molecule has 1 aromatic heterocycles. The van der Waals surface area contributed by atoms with Gasteiger partial charge in [0, 0.05) is 10.4 Å². The van der Waals surface area contributed by atoms with Gasteiger partial charge in [-0.3, -0.25) is 5.21 Å². The predicted molar refractivity (Wildman–Crippen MR) is 83.5 cm³/mol. The summed E-state index contributed by atoms with van der Waals surface area (Å²) in [6.07, 6.45) is 0. The van der Waals surface area contributed by atoms with E-state index in [2.05, 4.69) is 10.5 Å². The van der Waals surface area contributed by atoms with E-state index in [1.165, 1.54) is 0 Å². The number of aliphatic imine (C=N–C) groups is 1. The summed E-state index contributed by atoms with van der Waals surface area (Å²) in [6, 6.07) is 14.7. The van der Waals surface area contributed by atoms with Crippen LogP contribution >= 0.6 is 11.6 Å². The van der Waals surface area contributed by atoms with Crippen molar-refractivity contribution in [1.29, 1.82) is 0 Å². The number of halogens is 1. The number of rotatable bonds is 2. The minimum Gasteiger partial charge on any atom is -0.452 e. The zero-order chi connectivity index (χ0) is 14.8. The third kappa shape index (κ3) is 2.77. The molecule has 0 bridgehead atoms. The second-order valence-electron chi connectivity index (χ2n) is 4.66. The zero-order valence-corrected chi connectivity index (χ0v) is 12.1. The molecule has 0 aliphatic heterocycles. The zero-order valence-electron chi connectivity index (χ0n) is 11.3. The molecule has 5 heteroatoms. The van der Waals surface area contributed by atoms with Crippen molar-refractivity contribution >= 4 is 34.1 Å². The smallest absolute Gasteiger partial charge is 0.193 e. The number of para-hydroxylation sites is 1. The van der Waals surface area contributed by atoms with Crippen LogP contribution < -0.4 is 5.48 Å². The van der Waals surface area contributed by atoms with Crippen molar-refractivity contribution < 1.29 is 9.62 Å². The minimum absolute atomic E-state index is 0.230. The van der Waals surface area contributed by atoms with Gasteiger partial charge in [-0.05, 0) is 36.8 Å². The van der Waals surface area contributed by atoms with E-state index in [-0.39, 0.29) is 5.84 Å². The first-order valence-corrected chi connectivity index (χ1v) is 6.79. The molecule has 0 unspecified atom stereocenters. The number of benzene rings is 2. The van der Waals surface area contributed by atoms with Crippen molar-refractivity contribution in [2.45, 2.75) is 6.92 Å². The number of nitrogens with zero attached hydrogens (tertiary/aromatic N) is 1. The Hall–Kier alpha value is -2.30. The summed E-state index contributed by atoms with van der Waals surface area (Å²) in [5.74, 6) is 0.689. The molecular weight excluding hydrogens is 288 g/mol. The lowest BCUT2D eigenvalue weighted by molar-refractivity contribution is 0.233. The molecule has 0 fully saturated rings. The van der Waals surface area contributed by atoms with E-state index in [0.717, 1.165) is 16.5 Å². The van der Waals surface area contributed by atoms with Gasteiger partial charge in [-0.1, -0.05) is 35.9 Å². The van der Waals surface area contributed by atoms with Crippen LogP contribution in [0.5, 0.6) is 0 Å². The molecule has 0 saturated carbocycles. The highest BCUT2D eigenvalue weighted by atomic mass is 35.5. The Labute approximate surface area is 126 Å². The Balaban J connectivity index is 2.07. The second-order valence-corrected chi connectivity index (χ2v) is 5.09. The summed E-state index contributed by atoms with van der Waals surface area (Å²) in [5.41, 5.74) is 4.51. The van der Waals surface area contributed by atoms with E-state index in [0.29, 0.717) is 16.5 Å². The van der Waals surface area contributed by atoms with Gasteiger partial charge < -0.3 is 4.42 Å². The topological polar surface area (TPSA) is 57.8 Å². The van der Waals surface area contributed by atoms with Gasteiger partial charge in [0.05, 0.1) is 5.69 Å². The maximum atomic E-state index is 9.33. The summed E-state index contributed by atoms with van der Waals surface area (Å²) < 4.78 is 5.77. The fraction of sp³-hybridized carbons (Fsp3) is 0.0625. The molecule has 3 aromatic rings. The quantitative estimate of drug-likeness (QED) is 0.417. The third-order valence-corrected chi connectivity index (χ3v) is 3.36. The Morgan fingerprint density at radius 1 is 1.19 bits per heavy atom. The minimum atomic E-state index is 0.230. The van der Waals surface area contributed by atoms with Crippen molar-refractivity contribution in [3.63, 3.8) is 0 Å². The molecule has 0 amide bonds. The van der Waals surface area contributed by atoms with Gasteiger partial charge in [-0.25, -0.2) is 10.5 Å². The first-order valence-electron chi connectivity index (χ1n) is 6.41. The Morgan fingerprint density at radius 2 is 2.00 bits per heavy atom. The summed E-state index contributed by atoms with van der Waals surface area (Å²) in [6.45, 7) is 1.97. The molecule has 0 radical (unpaired) electrons. The standard InChI is InChI=1S/C16H13ClN2O2/c1-10-4-2-5-11-8-14(21-15(10)11)16(19-20)18-13-7-3-6-12(17)9-13/h2-9,20H,1H3,(H,18,19). The molecule has 4 nitrogen and oxygen atoms in total. The largest absolute Gasteiger partial charge is 0.452 e. The summed E-state index contributed by atoms with van der Waals surface area (Å²) in [5, 5.41) is 10.9. The van der Waals surface area contributed by atoms with Crippen LogP contribution in [-0.2, 0) is 0 Å². The number of aryl methyl sites for hydroxylation is 1. The van der Waals surface area contributed by atoms with Gasteiger partial charge in [-0.15, -0.1) is 0 Å². The van der Waals surface area contributed by atoms with Crippen molar-refractivity contribution in [2.24, 2.45) is 4.99 Å². The van der Waals surface area contributed by atoms with E-state index in [1.807, 2.05) is 31.2 Å². The van der Waals surface area contributed by atoms with Crippen LogP contribution in [0.2, 0.25) is 5.02 Å². The van der Waals surface area contributed by atoms with Crippen LogP contribution in [0.4, 0.5) is 5.69 Å². The van der Waals surface area contributed by atoms with E-state index in [4.69, 9.17) is 16.0 Å². The number of fused-ring (bicyclic) bond motifs is 1. The van der Waals surface area contributed by atoms with E-state index in [9.17, 15) is 5.21 Å². The molecule has 2 N–H and O–H groups in total. The highest BCUT2D eigenvalue weighted by Crippen LogP contribution is 2.24. The van der Waals surface area contributed by atoms with Crippen LogP contribution in [-0.4, -0.2) is 11.0 Å². The van der Waals surface area contributed by atoms with E-state index < -0.39 is 0 Å². The number of hydroxylamine groups is 1. The van der Waals surface area contributed by atoms with E-state index >= 15 is 0 Å². The van der Waals surface area contributed by atoms with Gasteiger partial charge in [0.15, 0.2) is 11.6 Å². The Bertz CT molecular complexity index is 824. The van der Waals surface area contributed by atoms with E-state index in [1.54, 1.807) is 24.3 Å². The molecule has 21 heavy (non-hydrogen) atoms. The van der Waals surface area contributed by atoms with Gasteiger partial charge in [0.25, 0.3) is 0 Å². The lowest BCUT2D eigenvalue weighted by Crippen LogP contribution is -2.19. The lowest BCUT2D eigenvalue weighted by Gasteiger charge is -2.01. The lowest BCUT2D eigenvalue weighted by atomic mass is 10.2. The third-order valence-electron chi connectivity index (χ3n) is 3.13. The predicted octanol–water partition coefficient (Wildman–Crippen LogP) is 4.45. The van der Waals surface area contributed by atoms with Gasteiger partial charge >= 0.3 is 0 Å². The number of hydrogen-bond acceptors (Lipinski definition) is 3. The highest BCUT2D eigenvalue weighted by Gasteiger charge is 2.11. The number of amidine groups is 1. The molecule has 106 valence electrons. The normalized spacial score (nSPS) is 11.9. The first kappa shape index (κ1) is 13.7. The van der Waals surface area contributed by atoms with Crippen LogP contribution in [0.1, 0.15) is 11.3 Å². The average Bonchev–Trinajstić information content (AvgIpc) is 2.90. The number of hydrogen-bond donors (Lipinski definition) is 2. The van der Waals surface area contributed by atoms with Crippen LogP contribution in [0, 0.1) is 6.92 Å². The summed E-state index contributed by atoms with van der Waals surface area (Å²) >= 11 is 5.93. The molecule has 2 aromatic carbocycles. The average molecular weight is 301 g/mol. The molecule has 3 rings (SSSR count). The van der Waals surface area contributed by atoms with Crippen LogP contribution in [0.15, 0.2) is 57.9 Å². The van der Waals surface area contributed by atoms with Crippen molar-refractivity contribution in [3.8, 4) is 0 Å². The molecule has 0 spiro atoms. The Morgan fingerprint density at radius 3 is 2.71 bits per heavy atom. The molecular formula is C16H13ClN2O2. The Kier molecular flexibility index (Phi) is 3.64. The van der Waals surface area contributed by atoms with Crippen molar-refractivity contribution in [3.05, 3.63) is 64.9 Å². The van der Waals surface area contributed by atoms with Crippen LogP contribution in [0.3, 0.4) is 0 Å². The molecule has 0 aliphatic carbocycles. The monoisotopic (exact) mass is 300 g/mol. The second kappa shape index (κ2) is 5.60. The maximum Gasteiger partial charge on any atom is 0.193 e. The van der Waals surface area contributed by atoms with Gasteiger partial charge in [0.2, 0.25) is 0 Å². The van der Waals surface area contributed by atoms with Crippen LogP contribution in [0.25, 0.3) is 11.0 Å².